The van der Waals surface area contributed by atoms with E-state index in [1.807, 2.05) is 19.2 Å². The Balaban J connectivity index is 2.42. The molecule has 1 aromatic rings. The topological polar surface area (TPSA) is 15.3 Å². The highest BCUT2D eigenvalue weighted by molar-refractivity contribution is 5.19. The van der Waals surface area contributed by atoms with Gasteiger partial charge in [-0.1, -0.05) is 26.0 Å². The average Bonchev–Trinajstić information content (AvgIpc) is 2.39. The maximum atomic E-state index is 12.9. The van der Waals surface area contributed by atoms with E-state index in [4.69, 9.17) is 0 Å². The minimum atomic E-state index is -0.173. The Hall–Kier alpha value is -0.930. The summed E-state index contributed by atoms with van der Waals surface area (Å²) >= 11 is 0. The molecule has 0 spiro atoms. The summed E-state index contributed by atoms with van der Waals surface area (Å²) in [6.07, 6.45) is 2.27. The molecule has 0 saturated heterocycles. The molecule has 0 aromatic heterocycles. The first-order valence-electron chi connectivity index (χ1n) is 7.14. The number of benzene rings is 1. The number of hydrogen-bond donors (Lipinski definition) is 1. The zero-order valence-corrected chi connectivity index (χ0v) is 12.6. The van der Waals surface area contributed by atoms with Gasteiger partial charge in [0.1, 0.15) is 5.82 Å². The van der Waals surface area contributed by atoms with Crippen molar-refractivity contribution in [2.45, 2.75) is 32.7 Å². The van der Waals surface area contributed by atoms with E-state index in [9.17, 15) is 4.39 Å². The highest BCUT2D eigenvalue weighted by atomic mass is 19.1. The van der Waals surface area contributed by atoms with E-state index < -0.39 is 0 Å². The van der Waals surface area contributed by atoms with Crippen LogP contribution < -0.4 is 5.32 Å². The molecule has 0 heterocycles. The van der Waals surface area contributed by atoms with Crippen LogP contribution in [0, 0.1) is 11.7 Å². The molecule has 0 aliphatic carbocycles. The van der Waals surface area contributed by atoms with Crippen LogP contribution in [0.2, 0.25) is 0 Å². The second-order valence-corrected chi connectivity index (χ2v) is 5.67. The summed E-state index contributed by atoms with van der Waals surface area (Å²) in [6.45, 7) is 6.69. The normalized spacial score (nSPS) is 13.2. The molecule has 2 nitrogen and oxygen atoms in total. The van der Waals surface area contributed by atoms with E-state index in [0.29, 0.717) is 6.04 Å². The van der Waals surface area contributed by atoms with Crippen LogP contribution in [0.25, 0.3) is 0 Å². The molecular weight excluding hydrogens is 239 g/mol. The van der Waals surface area contributed by atoms with Gasteiger partial charge in [0.25, 0.3) is 0 Å². The smallest absolute Gasteiger partial charge is 0.123 e. The molecule has 1 unspecified atom stereocenters. The summed E-state index contributed by atoms with van der Waals surface area (Å²) < 4.78 is 12.9. The average molecular weight is 266 g/mol. The highest BCUT2D eigenvalue weighted by Crippen LogP contribution is 2.17. The Morgan fingerprint density at radius 1 is 1.11 bits per heavy atom. The van der Waals surface area contributed by atoms with Gasteiger partial charge in [0.15, 0.2) is 0 Å². The highest BCUT2D eigenvalue weighted by Gasteiger charge is 2.10. The van der Waals surface area contributed by atoms with E-state index >= 15 is 0 Å². The molecule has 1 atom stereocenters. The number of halogens is 1. The van der Waals surface area contributed by atoms with Crippen molar-refractivity contribution in [3.05, 3.63) is 35.6 Å². The van der Waals surface area contributed by atoms with Crippen molar-refractivity contribution in [3.63, 3.8) is 0 Å². The van der Waals surface area contributed by atoms with Gasteiger partial charge in [0.05, 0.1) is 0 Å². The second-order valence-electron chi connectivity index (χ2n) is 5.67. The Bertz CT molecular complexity index is 348. The van der Waals surface area contributed by atoms with Gasteiger partial charge in [-0.2, -0.15) is 0 Å². The lowest BCUT2D eigenvalue weighted by molar-refractivity contribution is 0.292. The number of nitrogens with one attached hydrogen (secondary N) is 1. The Kier molecular flexibility index (Phi) is 7.03. The van der Waals surface area contributed by atoms with Crippen molar-refractivity contribution in [2.75, 3.05) is 27.2 Å². The molecule has 1 N–H and O–H groups in total. The second kappa shape index (κ2) is 8.28. The van der Waals surface area contributed by atoms with E-state index in [0.717, 1.165) is 31.0 Å². The molecule has 1 rings (SSSR count). The van der Waals surface area contributed by atoms with Gasteiger partial charge in [-0.15, -0.1) is 0 Å². The van der Waals surface area contributed by atoms with Gasteiger partial charge in [0, 0.05) is 6.04 Å². The Morgan fingerprint density at radius 3 is 2.21 bits per heavy atom. The van der Waals surface area contributed by atoms with Crippen LogP contribution in [-0.2, 0) is 0 Å². The van der Waals surface area contributed by atoms with Crippen molar-refractivity contribution in [3.8, 4) is 0 Å². The molecular formula is C16H27FN2. The van der Waals surface area contributed by atoms with Crippen molar-refractivity contribution in [2.24, 2.45) is 5.92 Å². The van der Waals surface area contributed by atoms with Crippen LogP contribution in [0.3, 0.4) is 0 Å². The first kappa shape index (κ1) is 16.1. The lowest BCUT2D eigenvalue weighted by Gasteiger charge is -2.22. The van der Waals surface area contributed by atoms with E-state index in [1.165, 1.54) is 18.6 Å². The van der Waals surface area contributed by atoms with Crippen LogP contribution in [0.5, 0.6) is 0 Å². The molecule has 0 bridgehead atoms. The van der Waals surface area contributed by atoms with Crippen LogP contribution in [0.4, 0.5) is 4.39 Å². The Morgan fingerprint density at radius 2 is 1.68 bits per heavy atom. The first-order valence-corrected chi connectivity index (χ1v) is 7.14. The van der Waals surface area contributed by atoms with Crippen molar-refractivity contribution in [1.82, 2.24) is 10.2 Å². The van der Waals surface area contributed by atoms with E-state index in [2.05, 4.69) is 31.1 Å². The lowest BCUT2D eigenvalue weighted by atomic mass is 10.0. The maximum absolute atomic E-state index is 12.9. The number of nitrogens with zero attached hydrogens (tertiary/aromatic N) is 1. The molecule has 1 aromatic carbocycles. The van der Waals surface area contributed by atoms with Crippen LogP contribution in [0.15, 0.2) is 24.3 Å². The standard InChI is InChI=1S/C16H27FN2/c1-13(2)9-11-19(4)12-10-16(18-3)14-5-7-15(17)8-6-14/h5-8,13,16,18H,9-12H2,1-4H3. The summed E-state index contributed by atoms with van der Waals surface area (Å²) in [5.74, 6) is 0.576. The van der Waals surface area contributed by atoms with Crippen molar-refractivity contribution >= 4 is 0 Å². The SMILES string of the molecule is CNC(CCN(C)CCC(C)C)c1ccc(F)cc1. The van der Waals surface area contributed by atoms with Crippen molar-refractivity contribution < 1.29 is 4.39 Å². The van der Waals surface area contributed by atoms with Gasteiger partial charge in [-0.05, 0) is 63.6 Å². The third-order valence-corrected chi connectivity index (χ3v) is 3.51. The Labute approximate surface area is 117 Å². The van der Waals surface area contributed by atoms with Gasteiger partial charge in [0.2, 0.25) is 0 Å². The van der Waals surface area contributed by atoms with E-state index in [1.54, 1.807) is 0 Å². The lowest BCUT2D eigenvalue weighted by Crippen LogP contribution is -2.26. The summed E-state index contributed by atoms with van der Waals surface area (Å²) in [5, 5.41) is 3.31. The molecule has 0 saturated carbocycles. The quantitative estimate of drug-likeness (QED) is 0.775. The van der Waals surface area contributed by atoms with Gasteiger partial charge < -0.3 is 10.2 Å². The zero-order chi connectivity index (χ0) is 14.3. The zero-order valence-electron chi connectivity index (χ0n) is 12.6. The number of rotatable bonds is 8. The van der Waals surface area contributed by atoms with Gasteiger partial charge in [-0.25, -0.2) is 4.39 Å². The van der Waals surface area contributed by atoms with Gasteiger partial charge >= 0.3 is 0 Å². The fourth-order valence-corrected chi connectivity index (χ4v) is 2.11. The summed E-state index contributed by atoms with van der Waals surface area (Å²) in [6, 6.07) is 7.08. The predicted molar refractivity (Wildman–Crippen MR) is 79.8 cm³/mol. The molecule has 0 aliphatic rings. The molecule has 0 fully saturated rings. The fraction of sp³-hybridized carbons (Fsp3) is 0.625. The summed E-state index contributed by atoms with van der Waals surface area (Å²) in [7, 11) is 4.13. The number of hydrogen-bond acceptors (Lipinski definition) is 2. The van der Waals surface area contributed by atoms with Crippen LogP contribution >= 0.6 is 0 Å². The van der Waals surface area contributed by atoms with Gasteiger partial charge in [-0.3, -0.25) is 0 Å². The molecule has 3 heteroatoms. The monoisotopic (exact) mass is 266 g/mol. The molecule has 0 aliphatic heterocycles. The first-order chi connectivity index (χ1) is 9.02. The van der Waals surface area contributed by atoms with Crippen molar-refractivity contribution in [1.29, 1.82) is 0 Å². The molecule has 108 valence electrons. The molecule has 0 radical (unpaired) electrons. The summed E-state index contributed by atoms with van der Waals surface area (Å²) in [4.78, 5) is 2.37. The molecule has 0 amide bonds. The fourth-order valence-electron chi connectivity index (χ4n) is 2.11. The predicted octanol–water partition coefficient (Wildman–Crippen LogP) is 3.45. The van der Waals surface area contributed by atoms with Crippen LogP contribution in [0.1, 0.15) is 38.3 Å². The summed E-state index contributed by atoms with van der Waals surface area (Å²) in [5.41, 5.74) is 1.15. The minimum absolute atomic E-state index is 0.173. The maximum Gasteiger partial charge on any atom is 0.123 e. The van der Waals surface area contributed by atoms with Crippen LogP contribution in [-0.4, -0.2) is 32.1 Å². The minimum Gasteiger partial charge on any atom is -0.313 e. The van der Waals surface area contributed by atoms with E-state index in [-0.39, 0.29) is 5.82 Å². The largest absolute Gasteiger partial charge is 0.313 e. The third-order valence-electron chi connectivity index (χ3n) is 3.51. The molecule has 19 heavy (non-hydrogen) atoms. The third kappa shape index (κ3) is 6.17.